The van der Waals surface area contributed by atoms with Gasteiger partial charge in [-0.25, -0.2) is 0 Å². The van der Waals surface area contributed by atoms with Gasteiger partial charge >= 0.3 is 74.9 Å². The van der Waals surface area contributed by atoms with Crippen molar-refractivity contribution in [3.05, 3.63) is 0 Å². The van der Waals surface area contributed by atoms with Crippen LogP contribution in [0.5, 0.6) is 0 Å². The van der Waals surface area contributed by atoms with Crippen LogP contribution in [0.3, 0.4) is 0 Å². The molecule has 68 valence electrons. The Morgan fingerprint density at radius 1 is 0.818 bits per heavy atom. The van der Waals surface area contributed by atoms with Gasteiger partial charge < -0.3 is 0 Å². The van der Waals surface area contributed by atoms with Gasteiger partial charge in [-0.2, -0.15) is 0 Å². The van der Waals surface area contributed by atoms with E-state index in [1.807, 2.05) is 0 Å². The third-order valence-corrected chi connectivity index (χ3v) is 12.7. The van der Waals surface area contributed by atoms with Crippen LogP contribution in [0.1, 0.15) is 40.0 Å². The molecule has 0 rings (SSSR count). The molecular formula is C9H21OSb. The summed E-state index contributed by atoms with van der Waals surface area (Å²) < 4.78 is 15.3. The van der Waals surface area contributed by atoms with E-state index in [9.17, 15) is 3.02 Å². The predicted octanol–water partition coefficient (Wildman–Crippen LogP) is 3.59. The summed E-state index contributed by atoms with van der Waals surface area (Å²) in [7, 11) is 0. The minimum atomic E-state index is -2.62. The fourth-order valence-corrected chi connectivity index (χ4v) is 10.5. The van der Waals surface area contributed by atoms with Gasteiger partial charge in [-0.3, -0.25) is 0 Å². The summed E-state index contributed by atoms with van der Waals surface area (Å²) in [5, 5.41) is 0. The molecule has 0 aromatic carbocycles. The molecule has 11 heavy (non-hydrogen) atoms. The molecule has 0 aromatic heterocycles. The number of hydrogen-bond acceptors (Lipinski definition) is 1. The molecule has 0 amide bonds. The average molecular weight is 267 g/mol. The van der Waals surface area contributed by atoms with Gasteiger partial charge in [0.1, 0.15) is 0 Å². The first kappa shape index (κ1) is 11.6. The van der Waals surface area contributed by atoms with Gasteiger partial charge in [-0.05, 0) is 0 Å². The van der Waals surface area contributed by atoms with Crippen molar-refractivity contribution in [2.75, 3.05) is 0 Å². The first-order valence-corrected chi connectivity index (χ1v) is 11.2. The van der Waals surface area contributed by atoms with E-state index in [4.69, 9.17) is 0 Å². The molecule has 0 radical (unpaired) electrons. The quantitative estimate of drug-likeness (QED) is 0.672. The van der Waals surface area contributed by atoms with E-state index >= 15 is 0 Å². The molecule has 0 saturated heterocycles. The van der Waals surface area contributed by atoms with Crippen molar-refractivity contribution in [2.45, 2.75) is 53.1 Å². The Balaban J connectivity index is 3.91. The normalized spacial score (nSPS) is 11.9. The zero-order chi connectivity index (χ0) is 8.74. The molecule has 0 fully saturated rings. The van der Waals surface area contributed by atoms with E-state index in [1.165, 1.54) is 0 Å². The van der Waals surface area contributed by atoms with Crippen molar-refractivity contribution in [3.63, 3.8) is 0 Å². The number of rotatable bonds is 6. The molecule has 0 saturated carbocycles. The van der Waals surface area contributed by atoms with E-state index in [0.29, 0.717) is 0 Å². The summed E-state index contributed by atoms with van der Waals surface area (Å²) in [5.74, 6) is 0. The van der Waals surface area contributed by atoms with Gasteiger partial charge in [-0.15, -0.1) is 0 Å². The third kappa shape index (κ3) is 4.95. The molecule has 1 nitrogen and oxygen atoms in total. The molecule has 0 N–H and O–H groups in total. The molecule has 0 heterocycles. The summed E-state index contributed by atoms with van der Waals surface area (Å²) in [4.78, 5) is 0. The van der Waals surface area contributed by atoms with Crippen LogP contribution in [0.15, 0.2) is 0 Å². The topological polar surface area (TPSA) is 17.1 Å². The fraction of sp³-hybridized carbons (Fsp3) is 1.00. The predicted molar refractivity (Wildman–Crippen MR) is 51.7 cm³/mol. The summed E-state index contributed by atoms with van der Waals surface area (Å²) in [6.07, 6.45) is 3.36. The molecule has 0 aromatic rings. The average Bonchev–Trinajstić information content (AvgIpc) is 1.88. The van der Waals surface area contributed by atoms with Crippen LogP contribution in [-0.2, 0) is 3.02 Å². The van der Waals surface area contributed by atoms with Crippen molar-refractivity contribution in [1.29, 1.82) is 0 Å². The first-order valence-electron chi connectivity index (χ1n) is 4.75. The molecule has 0 unspecified atom stereocenters. The van der Waals surface area contributed by atoms with Crippen molar-refractivity contribution in [2.24, 2.45) is 0 Å². The summed E-state index contributed by atoms with van der Waals surface area (Å²) in [5.41, 5.74) is 0. The van der Waals surface area contributed by atoms with Crippen LogP contribution in [0.4, 0.5) is 0 Å². The molecule has 0 atom stereocenters. The van der Waals surface area contributed by atoms with Crippen LogP contribution < -0.4 is 0 Å². The fourth-order valence-electron chi connectivity index (χ4n) is 1.56. The van der Waals surface area contributed by atoms with Gasteiger partial charge in [0.05, 0.1) is 0 Å². The van der Waals surface area contributed by atoms with Gasteiger partial charge in [0.2, 0.25) is 0 Å². The van der Waals surface area contributed by atoms with Crippen molar-refractivity contribution < 1.29 is 3.02 Å². The van der Waals surface area contributed by atoms with E-state index < -0.39 is 18.8 Å². The Morgan fingerprint density at radius 2 is 1.09 bits per heavy atom. The van der Waals surface area contributed by atoms with Gasteiger partial charge in [0, 0.05) is 0 Å². The zero-order valence-corrected chi connectivity index (χ0v) is 10.7. The molecule has 2 heteroatoms. The van der Waals surface area contributed by atoms with Crippen molar-refractivity contribution in [1.82, 2.24) is 0 Å². The number of hydrogen-bond donors (Lipinski definition) is 0. The van der Waals surface area contributed by atoms with Gasteiger partial charge in [-0.1, -0.05) is 0 Å². The van der Waals surface area contributed by atoms with E-state index in [-0.39, 0.29) is 0 Å². The monoisotopic (exact) mass is 266 g/mol. The Hall–Kier alpha value is 0.618. The van der Waals surface area contributed by atoms with Crippen LogP contribution in [-0.4, -0.2) is 18.8 Å². The Bertz CT molecular complexity index is 108. The van der Waals surface area contributed by atoms with Crippen LogP contribution in [0, 0.1) is 0 Å². The maximum atomic E-state index is 12.1. The van der Waals surface area contributed by atoms with E-state index in [2.05, 4.69) is 20.8 Å². The first-order chi connectivity index (χ1) is 5.18. The van der Waals surface area contributed by atoms with Crippen LogP contribution >= 0.6 is 0 Å². The van der Waals surface area contributed by atoms with Crippen LogP contribution in [0.2, 0.25) is 13.1 Å². The standard InChI is InChI=1S/3C3H7.O.Sb/c3*1-3-2;;/h3*1,3H2,2H3;;. The second-order valence-corrected chi connectivity index (χ2v) is 13.1. The van der Waals surface area contributed by atoms with Crippen LogP contribution in [0.25, 0.3) is 0 Å². The minimum absolute atomic E-state index is 1.06. The van der Waals surface area contributed by atoms with Gasteiger partial charge in [0.15, 0.2) is 0 Å². The molecular weight excluding hydrogens is 246 g/mol. The van der Waals surface area contributed by atoms with Crippen molar-refractivity contribution >= 4 is 18.8 Å². The molecule has 0 spiro atoms. The Morgan fingerprint density at radius 3 is 1.27 bits per heavy atom. The second-order valence-electron chi connectivity index (χ2n) is 3.23. The SMILES string of the molecule is CC[CH2][Sb](=[O])([CH2]CC)[CH2]CC. The second kappa shape index (κ2) is 6.17. The van der Waals surface area contributed by atoms with Gasteiger partial charge in [0.25, 0.3) is 0 Å². The molecule has 0 aliphatic heterocycles. The summed E-state index contributed by atoms with van der Waals surface area (Å²) >= 11 is -2.62. The molecule has 0 bridgehead atoms. The van der Waals surface area contributed by atoms with E-state index in [1.54, 1.807) is 0 Å². The summed E-state index contributed by atoms with van der Waals surface area (Å²) in [6, 6.07) is 0. The van der Waals surface area contributed by atoms with Crippen molar-refractivity contribution in [3.8, 4) is 0 Å². The summed E-state index contributed by atoms with van der Waals surface area (Å²) in [6.45, 7) is 6.44. The maximum absolute atomic E-state index is 12.1. The molecule has 0 aliphatic carbocycles. The molecule has 0 aliphatic rings. The Kier molecular flexibility index (Phi) is 6.52. The Labute approximate surface area is 75.0 Å². The third-order valence-electron chi connectivity index (χ3n) is 1.89. The van der Waals surface area contributed by atoms with E-state index in [0.717, 1.165) is 32.4 Å². The zero-order valence-electron chi connectivity index (χ0n) is 8.10.